The van der Waals surface area contributed by atoms with Crippen molar-refractivity contribution >= 4 is 11.8 Å². The smallest absolute Gasteiger partial charge is 0.450 e. The first-order valence-electron chi connectivity index (χ1n) is 5.69. The number of esters is 1. The van der Waals surface area contributed by atoms with Gasteiger partial charge in [-0.15, -0.1) is 6.58 Å². The molecule has 0 aliphatic heterocycles. The molecule has 0 N–H and O–H groups in total. The lowest BCUT2D eigenvalue weighted by Crippen LogP contribution is -2.40. The fourth-order valence-corrected chi connectivity index (χ4v) is 1.64. The largest absolute Gasteiger partial charge is 0.465 e. The third kappa shape index (κ3) is 4.50. The van der Waals surface area contributed by atoms with E-state index in [1.807, 2.05) is 0 Å². The number of ether oxygens (including phenoxy) is 1. The molecule has 0 aromatic rings. The zero-order valence-corrected chi connectivity index (χ0v) is 10.4. The summed E-state index contributed by atoms with van der Waals surface area (Å²) in [5, 5.41) is 0. The third-order valence-electron chi connectivity index (χ3n) is 2.46. The van der Waals surface area contributed by atoms with Gasteiger partial charge in [0, 0.05) is 0 Å². The van der Waals surface area contributed by atoms with Crippen LogP contribution in [0.15, 0.2) is 12.7 Å². The lowest BCUT2D eigenvalue weighted by Gasteiger charge is -2.22. The second kappa shape index (κ2) is 7.18. The Morgan fingerprint density at radius 2 is 1.89 bits per heavy atom. The van der Waals surface area contributed by atoms with E-state index in [2.05, 4.69) is 11.3 Å². The molecule has 2 atom stereocenters. The molecule has 18 heavy (non-hydrogen) atoms. The standard InChI is InChI=1S/C12H17F3O3/c1-4-7-8(5-2)9(11(17)18-6-3)10(16)12(13,14)15/h5,8-9H,2,4,6-7H2,1,3H3. The SMILES string of the molecule is C=CC(CCC)C(C(=O)OCC)C(=O)C(F)(F)F. The van der Waals surface area contributed by atoms with Crippen molar-refractivity contribution < 1.29 is 27.5 Å². The van der Waals surface area contributed by atoms with Crippen molar-refractivity contribution in [2.24, 2.45) is 11.8 Å². The summed E-state index contributed by atoms with van der Waals surface area (Å²) >= 11 is 0. The fraction of sp³-hybridized carbons (Fsp3) is 0.667. The van der Waals surface area contributed by atoms with Crippen LogP contribution >= 0.6 is 0 Å². The van der Waals surface area contributed by atoms with Crippen LogP contribution in [0.3, 0.4) is 0 Å². The van der Waals surface area contributed by atoms with Gasteiger partial charge < -0.3 is 4.74 Å². The van der Waals surface area contributed by atoms with Crippen LogP contribution in [0.1, 0.15) is 26.7 Å². The average Bonchev–Trinajstić information content (AvgIpc) is 2.27. The monoisotopic (exact) mass is 266 g/mol. The average molecular weight is 266 g/mol. The molecule has 2 unspecified atom stereocenters. The van der Waals surface area contributed by atoms with Gasteiger partial charge in [-0.25, -0.2) is 0 Å². The molecule has 0 spiro atoms. The molecule has 0 aliphatic carbocycles. The van der Waals surface area contributed by atoms with Crippen LogP contribution in [0.4, 0.5) is 13.2 Å². The van der Waals surface area contributed by atoms with E-state index in [0.717, 1.165) is 0 Å². The molecule has 104 valence electrons. The minimum absolute atomic E-state index is 0.0730. The minimum Gasteiger partial charge on any atom is -0.465 e. The molecule has 0 aromatic heterocycles. The summed E-state index contributed by atoms with van der Waals surface area (Å²) < 4.78 is 41.9. The van der Waals surface area contributed by atoms with E-state index in [9.17, 15) is 22.8 Å². The molecule has 0 saturated carbocycles. The Balaban J connectivity index is 5.21. The third-order valence-corrected chi connectivity index (χ3v) is 2.46. The predicted octanol–water partition coefficient (Wildman–Crippen LogP) is 2.90. The number of alkyl halides is 3. The van der Waals surface area contributed by atoms with Crippen molar-refractivity contribution in [2.75, 3.05) is 6.61 Å². The Bertz CT molecular complexity index is 310. The van der Waals surface area contributed by atoms with Crippen LogP contribution in [-0.2, 0) is 14.3 Å². The van der Waals surface area contributed by atoms with E-state index in [0.29, 0.717) is 6.42 Å². The van der Waals surface area contributed by atoms with Gasteiger partial charge in [0.1, 0.15) is 5.92 Å². The van der Waals surface area contributed by atoms with E-state index in [-0.39, 0.29) is 13.0 Å². The van der Waals surface area contributed by atoms with Crippen molar-refractivity contribution in [1.29, 1.82) is 0 Å². The molecule has 6 heteroatoms. The minimum atomic E-state index is -5.05. The Morgan fingerprint density at radius 1 is 1.33 bits per heavy atom. The van der Waals surface area contributed by atoms with Crippen molar-refractivity contribution in [3.63, 3.8) is 0 Å². The first-order valence-corrected chi connectivity index (χ1v) is 5.69. The van der Waals surface area contributed by atoms with E-state index >= 15 is 0 Å². The van der Waals surface area contributed by atoms with Crippen LogP contribution < -0.4 is 0 Å². The maximum Gasteiger partial charge on any atom is 0.450 e. The number of carbonyl (C=O) groups excluding carboxylic acids is 2. The second-order valence-corrected chi connectivity index (χ2v) is 3.78. The first-order chi connectivity index (χ1) is 8.29. The number of ketones is 1. The van der Waals surface area contributed by atoms with Gasteiger partial charge in [0.05, 0.1) is 6.61 Å². The summed E-state index contributed by atoms with van der Waals surface area (Å²) in [7, 11) is 0. The highest BCUT2D eigenvalue weighted by Crippen LogP contribution is 2.29. The van der Waals surface area contributed by atoms with Crippen LogP contribution in [0.5, 0.6) is 0 Å². The molecule has 0 amide bonds. The Morgan fingerprint density at radius 3 is 2.22 bits per heavy atom. The van der Waals surface area contributed by atoms with Crippen LogP contribution in [0, 0.1) is 11.8 Å². The van der Waals surface area contributed by atoms with Gasteiger partial charge in [-0.1, -0.05) is 19.4 Å². The Labute approximate surface area is 104 Å². The zero-order chi connectivity index (χ0) is 14.3. The maximum atomic E-state index is 12.4. The highest BCUT2D eigenvalue weighted by molar-refractivity contribution is 6.02. The maximum absolute atomic E-state index is 12.4. The van der Waals surface area contributed by atoms with E-state index < -0.39 is 29.8 Å². The van der Waals surface area contributed by atoms with Gasteiger partial charge in [-0.3, -0.25) is 9.59 Å². The molecule has 3 nitrogen and oxygen atoms in total. The Hall–Kier alpha value is -1.33. The summed E-state index contributed by atoms with van der Waals surface area (Å²) in [5.41, 5.74) is 0. The van der Waals surface area contributed by atoms with E-state index in [1.54, 1.807) is 6.92 Å². The van der Waals surface area contributed by atoms with Crippen molar-refractivity contribution in [3.8, 4) is 0 Å². The number of hydrogen-bond acceptors (Lipinski definition) is 3. The van der Waals surface area contributed by atoms with Gasteiger partial charge in [0.2, 0.25) is 0 Å². The van der Waals surface area contributed by atoms with Crippen molar-refractivity contribution in [3.05, 3.63) is 12.7 Å². The quantitative estimate of drug-likeness (QED) is 0.404. The van der Waals surface area contributed by atoms with Gasteiger partial charge in [0.25, 0.3) is 5.78 Å². The number of Topliss-reactive ketones (excluding diaryl/α,β-unsaturated/α-hetero) is 1. The number of allylic oxidation sites excluding steroid dienone is 1. The normalized spacial score (nSPS) is 14.7. The predicted molar refractivity (Wildman–Crippen MR) is 59.8 cm³/mol. The van der Waals surface area contributed by atoms with Crippen LogP contribution in [0.2, 0.25) is 0 Å². The highest BCUT2D eigenvalue weighted by Gasteiger charge is 2.49. The molecule has 0 aliphatic rings. The van der Waals surface area contributed by atoms with Gasteiger partial charge in [0.15, 0.2) is 0 Å². The van der Waals surface area contributed by atoms with Crippen molar-refractivity contribution in [1.82, 2.24) is 0 Å². The zero-order valence-electron chi connectivity index (χ0n) is 10.4. The van der Waals surface area contributed by atoms with Crippen molar-refractivity contribution in [2.45, 2.75) is 32.9 Å². The second-order valence-electron chi connectivity index (χ2n) is 3.78. The van der Waals surface area contributed by atoms with Crippen LogP contribution in [0.25, 0.3) is 0 Å². The highest BCUT2D eigenvalue weighted by atomic mass is 19.4. The number of halogens is 3. The topological polar surface area (TPSA) is 43.4 Å². The van der Waals surface area contributed by atoms with E-state index in [4.69, 9.17) is 0 Å². The van der Waals surface area contributed by atoms with Gasteiger partial charge in [-0.05, 0) is 19.3 Å². The lowest BCUT2D eigenvalue weighted by atomic mass is 9.85. The number of hydrogen-bond donors (Lipinski definition) is 0. The number of rotatable bonds is 7. The molecule has 0 fully saturated rings. The molecular weight excluding hydrogens is 249 g/mol. The van der Waals surface area contributed by atoms with Crippen LogP contribution in [-0.4, -0.2) is 24.5 Å². The summed E-state index contributed by atoms with van der Waals surface area (Å²) in [6, 6.07) is 0. The number of carbonyl (C=O) groups is 2. The fourth-order valence-electron chi connectivity index (χ4n) is 1.64. The molecule has 0 heterocycles. The summed E-state index contributed by atoms with van der Waals surface area (Å²) in [4.78, 5) is 22.8. The molecule has 0 radical (unpaired) electrons. The first kappa shape index (κ1) is 16.7. The molecule has 0 saturated heterocycles. The summed E-state index contributed by atoms with van der Waals surface area (Å²) in [5.74, 6) is -5.91. The summed E-state index contributed by atoms with van der Waals surface area (Å²) in [6.45, 7) is 6.52. The summed E-state index contributed by atoms with van der Waals surface area (Å²) in [6.07, 6.45) is -3.03. The molecular formula is C12H17F3O3. The van der Waals surface area contributed by atoms with Gasteiger partial charge >= 0.3 is 12.1 Å². The molecule has 0 bridgehead atoms. The molecule has 0 rings (SSSR count). The van der Waals surface area contributed by atoms with E-state index in [1.165, 1.54) is 13.0 Å². The molecule has 0 aromatic carbocycles. The Kier molecular flexibility index (Phi) is 6.65. The van der Waals surface area contributed by atoms with Gasteiger partial charge in [-0.2, -0.15) is 13.2 Å². The lowest BCUT2D eigenvalue weighted by molar-refractivity contribution is -0.182.